The first-order valence-corrected chi connectivity index (χ1v) is 15.9. The van der Waals surface area contributed by atoms with Crippen LogP contribution in [0.2, 0.25) is 5.04 Å². The van der Waals surface area contributed by atoms with Gasteiger partial charge in [-0.1, -0.05) is 88.7 Å². The van der Waals surface area contributed by atoms with Crippen molar-refractivity contribution >= 4 is 32.9 Å². The predicted octanol–water partition coefficient (Wildman–Crippen LogP) is 6.50. The van der Waals surface area contributed by atoms with Crippen LogP contribution in [0.25, 0.3) is 0 Å². The van der Waals surface area contributed by atoms with Gasteiger partial charge in [-0.05, 0) is 66.6 Å². The third kappa shape index (κ3) is 6.88. The summed E-state index contributed by atoms with van der Waals surface area (Å²) in [5.74, 6) is 0.704. The second kappa shape index (κ2) is 12.7. The molecule has 33 heavy (non-hydrogen) atoms. The molecule has 0 unspecified atom stereocenters. The Morgan fingerprint density at radius 1 is 0.667 bits per heavy atom. The van der Waals surface area contributed by atoms with Gasteiger partial charge in [-0.3, -0.25) is 0 Å². The summed E-state index contributed by atoms with van der Waals surface area (Å²) in [6.07, 6.45) is 6.19. The van der Waals surface area contributed by atoms with Gasteiger partial charge in [0.25, 0.3) is 0 Å². The molecule has 0 aliphatic rings. The van der Waals surface area contributed by atoms with Gasteiger partial charge in [0.2, 0.25) is 0 Å². The molecule has 0 fully saturated rings. The number of benzene rings is 3. The highest BCUT2D eigenvalue weighted by atomic mass is 31.2. The SMILES string of the molecule is CC(C)C(C)(C)[SiH2]OCCCCCC[P+](c1ccccc1)(c1ccccc1)c1ccccc1. The third-order valence-electron chi connectivity index (χ3n) is 7.16. The largest absolute Gasteiger partial charge is 0.423 e. The lowest BCUT2D eigenvalue weighted by molar-refractivity contribution is 0.291. The quantitative estimate of drug-likeness (QED) is 0.155. The Morgan fingerprint density at radius 3 is 1.52 bits per heavy atom. The highest BCUT2D eigenvalue weighted by Gasteiger charge is 2.44. The van der Waals surface area contributed by atoms with Crippen molar-refractivity contribution in [2.24, 2.45) is 5.92 Å². The molecule has 0 radical (unpaired) electrons. The van der Waals surface area contributed by atoms with E-state index in [1.165, 1.54) is 47.8 Å². The first-order chi connectivity index (χ1) is 16.0. The minimum absolute atomic E-state index is 0.394. The maximum Gasteiger partial charge on any atom is 0.167 e. The average Bonchev–Trinajstić information content (AvgIpc) is 2.85. The topological polar surface area (TPSA) is 9.23 Å². The summed E-state index contributed by atoms with van der Waals surface area (Å²) >= 11 is 0. The van der Waals surface area contributed by atoms with Crippen LogP contribution >= 0.6 is 7.26 Å². The lowest BCUT2D eigenvalue weighted by Crippen LogP contribution is -2.33. The summed E-state index contributed by atoms with van der Waals surface area (Å²) < 4.78 is 6.16. The van der Waals surface area contributed by atoms with Crippen molar-refractivity contribution in [3.8, 4) is 0 Å². The fourth-order valence-corrected chi connectivity index (χ4v) is 9.91. The fourth-order valence-electron chi connectivity index (χ4n) is 4.29. The lowest BCUT2D eigenvalue weighted by atomic mass is 9.99. The molecule has 3 aromatic carbocycles. The molecule has 0 N–H and O–H groups in total. The first-order valence-electron chi connectivity index (χ1n) is 12.6. The first kappa shape index (κ1) is 25.9. The summed E-state index contributed by atoms with van der Waals surface area (Å²) in [7, 11) is -2.14. The highest BCUT2D eigenvalue weighted by Crippen LogP contribution is 2.56. The van der Waals surface area contributed by atoms with Gasteiger partial charge in [-0.2, -0.15) is 0 Å². The van der Waals surface area contributed by atoms with Gasteiger partial charge in [0, 0.05) is 6.61 Å². The zero-order valence-corrected chi connectivity index (χ0v) is 23.4. The molecule has 3 heteroatoms. The maximum atomic E-state index is 6.16. The van der Waals surface area contributed by atoms with Gasteiger partial charge in [0.1, 0.15) is 23.2 Å². The molecular formula is C30H42OPSi+. The smallest absolute Gasteiger partial charge is 0.167 e. The zero-order valence-electron chi connectivity index (χ0n) is 21.0. The number of hydrogen-bond donors (Lipinski definition) is 0. The molecule has 0 atom stereocenters. The molecule has 0 aromatic heterocycles. The Hall–Kier alpha value is -1.73. The number of unbranched alkanes of at least 4 members (excludes halogenated alkanes) is 3. The normalized spacial score (nSPS) is 12.6. The molecule has 0 aliphatic heterocycles. The Morgan fingerprint density at radius 2 is 1.09 bits per heavy atom. The van der Waals surface area contributed by atoms with Crippen molar-refractivity contribution in [2.45, 2.75) is 58.4 Å². The van der Waals surface area contributed by atoms with E-state index in [4.69, 9.17) is 4.43 Å². The van der Waals surface area contributed by atoms with Crippen LogP contribution in [0, 0.1) is 5.92 Å². The lowest BCUT2D eigenvalue weighted by Gasteiger charge is -2.28. The highest BCUT2D eigenvalue weighted by molar-refractivity contribution is 7.95. The molecule has 0 saturated carbocycles. The summed E-state index contributed by atoms with van der Waals surface area (Å²) in [6, 6.07) is 33.7. The minimum Gasteiger partial charge on any atom is -0.423 e. The van der Waals surface area contributed by atoms with Gasteiger partial charge in [0.15, 0.2) is 9.76 Å². The second-order valence-corrected chi connectivity index (χ2v) is 16.3. The van der Waals surface area contributed by atoms with Crippen LogP contribution in [0.5, 0.6) is 0 Å². The van der Waals surface area contributed by atoms with E-state index in [9.17, 15) is 0 Å². The van der Waals surface area contributed by atoms with Crippen molar-refractivity contribution in [2.75, 3.05) is 12.8 Å². The van der Waals surface area contributed by atoms with E-state index in [1.54, 1.807) is 0 Å². The minimum atomic E-state index is -1.67. The molecule has 0 heterocycles. The molecule has 0 bridgehead atoms. The van der Waals surface area contributed by atoms with Gasteiger partial charge in [-0.25, -0.2) is 0 Å². The average molecular weight is 478 g/mol. The number of rotatable bonds is 13. The summed E-state index contributed by atoms with van der Waals surface area (Å²) in [4.78, 5) is 0. The van der Waals surface area contributed by atoms with Crippen LogP contribution in [0.15, 0.2) is 91.0 Å². The van der Waals surface area contributed by atoms with Crippen LogP contribution in [0.4, 0.5) is 0 Å². The Balaban J connectivity index is 1.68. The van der Waals surface area contributed by atoms with Gasteiger partial charge >= 0.3 is 0 Å². The molecule has 0 aliphatic carbocycles. The van der Waals surface area contributed by atoms with Crippen LogP contribution < -0.4 is 15.9 Å². The predicted molar refractivity (Wildman–Crippen MR) is 152 cm³/mol. The summed E-state index contributed by atoms with van der Waals surface area (Å²) in [5, 5.41) is 4.87. The van der Waals surface area contributed by atoms with E-state index in [0.29, 0.717) is 11.0 Å². The molecular weight excluding hydrogens is 435 g/mol. The van der Waals surface area contributed by atoms with Gasteiger partial charge in [-0.15, -0.1) is 0 Å². The van der Waals surface area contributed by atoms with Crippen LogP contribution in [0.1, 0.15) is 53.4 Å². The Bertz CT molecular complexity index is 829. The van der Waals surface area contributed by atoms with E-state index in [1.807, 2.05) is 0 Å². The van der Waals surface area contributed by atoms with Crippen molar-refractivity contribution in [1.82, 2.24) is 0 Å². The standard InChI is InChI=1S/C30H42OPSi/c1-26(2)30(3,4)33-31-24-16-5-6-17-25-32(27-18-10-7-11-19-27,28-20-12-8-13-21-28)29-22-14-9-15-23-29/h7-15,18-23,26H,5-6,16-17,24-25,33H2,1-4H3/q+1. The second-order valence-electron chi connectivity index (χ2n) is 10.2. The summed E-state index contributed by atoms with van der Waals surface area (Å²) in [6.45, 7) is 10.3. The van der Waals surface area contributed by atoms with Crippen molar-refractivity contribution in [1.29, 1.82) is 0 Å². The molecule has 1 nitrogen and oxygen atoms in total. The molecule has 3 aromatic rings. The molecule has 3 rings (SSSR count). The third-order valence-corrected chi connectivity index (χ3v) is 13.7. The zero-order chi connectivity index (χ0) is 23.6. The van der Waals surface area contributed by atoms with E-state index in [-0.39, 0.29) is 0 Å². The molecule has 0 amide bonds. The molecule has 0 saturated heterocycles. The van der Waals surface area contributed by atoms with E-state index in [0.717, 1.165) is 6.61 Å². The van der Waals surface area contributed by atoms with Crippen molar-refractivity contribution in [3.63, 3.8) is 0 Å². The van der Waals surface area contributed by atoms with E-state index in [2.05, 4.69) is 119 Å². The maximum absolute atomic E-state index is 6.16. The monoisotopic (exact) mass is 477 g/mol. The molecule has 176 valence electrons. The fraction of sp³-hybridized carbons (Fsp3) is 0.400. The van der Waals surface area contributed by atoms with Crippen LogP contribution in [0.3, 0.4) is 0 Å². The van der Waals surface area contributed by atoms with Gasteiger partial charge in [0.05, 0.1) is 6.16 Å². The summed E-state index contributed by atoms with van der Waals surface area (Å²) in [5.41, 5.74) is 0. The molecule has 0 spiro atoms. The van der Waals surface area contributed by atoms with Crippen molar-refractivity contribution in [3.05, 3.63) is 91.0 Å². The Kier molecular flexibility index (Phi) is 9.92. The van der Waals surface area contributed by atoms with E-state index >= 15 is 0 Å². The van der Waals surface area contributed by atoms with Crippen LogP contribution in [-0.2, 0) is 4.43 Å². The van der Waals surface area contributed by atoms with E-state index < -0.39 is 17.0 Å². The number of hydrogen-bond acceptors (Lipinski definition) is 1. The van der Waals surface area contributed by atoms with Crippen molar-refractivity contribution < 1.29 is 4.43 Å². The Labute approximate surface area is 205 Å². The van der Waals surface area contributed by atoms with Crippen LogP contribution in [-0.4, -0.2) is 22.5 Å². The van der Waals surface area contributed by atoms with Gasteiger partial charge < -0.3 is 4.43 Å².